The van der Waals surface area contributed by atoms with Gasteiger partial charge in [0, 0.05) is 6.04 Å². The van der Waals surface area contributed by atoms with Crippen LogP contribution in [-0.4, -0.2) is 0 Å². The van der Waals surface area contributed by atoms with E-state index in [1.807, 2.05) is 13.0 Å². The minimum atomic E-state index is -0.195. The van der Waals surface area contributed by atoms with E-state index >= 15 is 0 Å². The van der Waals surface area contributed by atoms with Gasteiger partial charge in [-0.1, -0.05) is 33.8 Å². The highest BCUT2D eigenvalue weighted by Gasteiger charge is 2.22. The Hall–Kier alpha value is -0.890. The zero-order valence-electron chi connectivity index (χ0n) is 11.5. The third-order valence-electron chi connectivity index (χ3n) is 3.58. The van der Waals surface area contributed by atoms with Crippen molar-refractivity contribution in [3.63, 3.8) is 0 Å². The first-order chi connectivity index (χ1) is 7.70. The van der Waals surface area contributed by atoms with Crippen molar-refractivity contribution in [2.75, 3.05) is 0 Å². The van der Waals surface area contributed by atoms with E-state index in [0.29, 0.717) is 5.92 Å². The maximum atomic E-state index is 13.3. The Balaban J connectivity index is 2.79. The van der Waals surface area contributed by atoms with Gasteiger partial charge in [-0.15, -0.1) is 0 Å². The van der Waals surface area contributed by atoms with Crippen LogP contribution in [0.4, 0.5) is 4.39 Å². The normalized spacial score (nSPS) is 15.7. The summed E-state index contributed by atoms with van der Waals surface area (Å²) >= 11 is 0. The van der Waals surface area contributed by atoms with Gasteiger partial charge in [-0.25, -0.2) is 4.39 Å². The van der Waals surface area contributed by atoms with E-state index in [1.54, 1.807) is 6.07 Å². The molecule has 0 fully saturated rings. The first-order valence-corrected chi connectivity index (χ1v) is 6.23. The highest BCUT2D eigenvalue weighted by Crippen LogP contribution is 2.32. The Morgan fingerprint density at radius 1 is 1.24 bits per heavy atom. The molecule has 2 unspecified atom stereocenters. The number of halogens is 1. The van der Waals surface area contributed by atoms with Crippen molar-refractivity contribution in [2.45, 2.75) is 47.1 Å². The van der Waals surface area contributed by atoms with Crippen LogP contribution in [0.15, 0.2) is 18.2 Å². The molecule has 1 aromatic carbocycles. The Morgan fingerprint density at radius 3 is 2.29 bits per heavy atom. The molecule has 1 rings (SSSR count). The van der Waals surface area contributed by atoms with Crippen molar-refractivity contribution < 1.29 is 4.39 Å². The first-order valence-electron chi connectivity index (χ1n) is 6.23. The van der Waals surface area contributed by atoms with Crippen LogP contribution in [0.2, 0.25) is 0 Å². The molecule has 0 saturated carbocycles. The maximum Gasteiger partial charge on any atom is 0.123 e. The minimum Gasteiger partial charge on any atom is -0.324 e. The summed E-state index contributed by atoms with van der Waals surface area (Å²) < 4.78 is 13.3. The molecule has 0 heterocycles. The molecule has 96 valence electrons. The molecule has 0 radical (unpaired) electrons. The van der Waals surface area contributed by atoms with Crippen LogP contribution in [0.5, 0.6) is 0 Å². The molecule has 2 atom stereocenters. The van der Waals surface area contributed by atoms with Crippen molar-refractivity contribution in [3.8, 4) is 0 Å². The number of hydrogen-bond acceptors (Lipinski definition) is 1. The van der Waals surface area contributed by atoms with Crippen LogP contribution in [-0.2, 0) is 0 Å². The summed E-state index contributed by atoms with van der Waals surface area (Å²) in [6.07, 6.45) is 0.881. The smallest absolute Gasteiger partial charge is 0.123 e. The summed E-state index contributed by atoms with van der Waals surface area (Å²) in [5.74, 6) is 0.305. The van der Waals surface area contributed by atoms with Gasteiger partial charge >= 0.3 is 0 Å². The average molecular weight is 237 g/mol. The first kappa shape index (κ1) is 14.2. The molecule has 2 N–H and O–H groups in total. The van der Waals surface area contributed by atoms with Gasteiger partial charge in [-0.05, 0) is 47.9 Å². The third kappa shape index (κ3) is 4.12. The second kappa shape index (κ2) is 5.18. The van der Waals surface area contributed by atoms with E-state index in [9.17, 15) is 4.39 Å². The van der Waals surface area contributed by atoms with Gasteiger partial charge in [0.25, 0.3) is 0 Å². The largest absolute Gasteiger partial charge is 0.324 e. The lowest BCUT2D eigenvalue weighted by Gasteiger charge is -2.29. The van der Waals surface area contributed by atoms with Gasteiger partial charge in [0.05, 0.1) is 0 Å². The zero-order valence-corrected chi connectivity index (χ0v) is 11.5. The fourth-order valence-electron chi connectivity index (χ4n) is 1.85. The van der Waals surface area contributed by atoms with Crippen molar-refractivity contribution in [3.05, 3.63) is 35.1 Å². The SMILES string of the molecule is Cc1cc(F)cc(C(N)CC(C)C(C)(C)C)c1. The summed E-state index contributed by atoms with van der Waals surface area (Å²) in [7, 11) is 0. The van der Waals surface area contributed by atoms with Crippen LogP contribution in [0.3, 0.4) is 0 Å². The predicted molar refractivity (Wildman–Crippen MR) is 71.3 cm³/mol. The van der Waals surface area contributed by atoms with Crippen molar-refractivity contribution in [1.82, 2.24) is 0 Å². The minimum absolute atomic E-state index is 0.0846. The molecular weight excluding hydrogens is 213 g/mol. The lowest BCUT2D eigenvalue weighted by Crippen LogP contribution is -2.23. The van der Waals surface area contributed by atoms with E-state index < -0.39 is 0 Å². The summed E-state index contributed by atoms with van der Waals surface area (Å²) in [5.41, 5.74) is 8.23. The summed E-state index contributed by atoms with van der Waals surface area (Å²) in [6.45, 7) is 10.7. The summed E-state index contributed by atoms with van der Waals surface area (Å²) in [5, 5.41) is 0. The predicted octanol–water partition coefficient (Wildman–Crippen LogP) is 4.21. The van der Waals surface area contributed by atoms with E-state index in [4.69, 9.17) is 5.73 Å². The summed E-state index contributed by atoms with van der Waals surface area (Å²) in [6, 6.07) is 4.97. The Labute approximate surface area is 104 Å². The molecule has 0 amide bonds. The van der Waals surface area contributed by atoms with Gasteiger partial charge in [0.2, 0.25) is 0 Å². The van der Waals surface area contributed by atoms with Crippen LogP contribution < -0.4 is 5.73 Å². The van der Waals surface area contributed by atoms with Crippen LogP contribution in [0.25, 0.3) is 0 Å². The topological polar surface area (TPSA) is 26.0 Å². The zero-order chi connectivity index (χ0) is 13.2. The molecule has 17 heavy (non-hydrogen) atoms. The Bertz CT molecular complexity index is 359. The Kier molecular flexibility index (Phi) is 4.31. The number of aryl methyl sites for hydroxylation is 1. The molecule has 2 heteroatoms. The molecule has 0 aliphatic rings. The molecule has 0 aliphatic carbocycles. The van der Waals surface area contributed by atoms with Crippen LogP contribution in [0.1, 0.15) is 51.3 Å². The molecule has 1 aromatic rings. The van der Waals surface area contributed by atoms with Gasteiger partial charge in [-0.2, -0.15) is 0 Å². The van der Waals surface area contributed by atoms with Crippen molar-refractivity contribution in [2.24, 2.45) is 17.1 Å². The second-order valence-corrected chi connectivity index (χ2v) is 6.17. The van der Waals surface area contributed by atoms with Crippen molar-refractivity contribution >= 4 is 0 Å². The highest BCUT2D eigenvalue weighted by molar-refractivity contribution is 5.26. The fourth-order valence-corrected chi connectivity index (χ4v) is 1.85. The molecule has 1 nitrogen and oxygen atoms in total. The number of rotatable bonds is 3. The number of hydrogen-bond donors (Lipinski definition) is 1. The summed E-state index contributed by atoms with van der Waals surface area (Å²) in [4.78, 5) is 0. The second-order valence-electron chi connectivity index (χ2n) is 6.17. The molecule has 0 spiro atoms. The monoisotopic (exact) mass is 237 g/mol. The van der Waals surface area contributed by atoms with Crippen molar-refractivity contribution in [1.29, 1.82) is 0 Å². The van der Waals surface area contributed by atoms with Gasteiger partial charge in [0.15, 0.2) is 0 Å². The average Bonchev–Trinajstić information content (AvgIpc) is 2.14. The third-order valence-corrected chi connectivity index (χ3v) is 3.58. The van der Waals surface area contributed by atoms with Crippen LogP contribution in [0, 0.1) is 24.1 Å². The quantitative estimate of drug-likeness (QED) is 0.837. The van der Waals surface area contributed by atoms with E-state index in [2.05, 4.69) is 27.7 Å². The van der Waals surface area contributed by atoms with Gasteiger partial charge < -0.3 is 5.73 Å². The molecule has 0 aliphatic heterocycles. The van der Waals surface area contributed by atoms with Gasteiger partial charge in [0.1, 0.15) is 5.82 Å². The lowest BCUT2D eigenvalue weighted by atomic mass is 9.77. The molecule has 0 saturated heterocycles. The van der Waals surface area contributed by atoms with E-state index in [0.717, 1.165) is 17.5 Å². The molecule has 0 bridgehead atoms. The number of benzene rings is 1. The Morgan fingerprint density at radius 2 is 1.82 bits per heavy atom. The fraction of sp³-hybridized carbons (Fsp3) is 0.600. The van der Waals surface area contributed by atoms with E-state index in [-0.39, 0.29) is 17.3 Å². The van der Waals surface area contributed by atoms with E-state index in [1.165, 1.54) is 6.07 Å². The maximum absolute atomic E-state index is 13.3. The highest BCUT2D eigenvalue weighted by atomic mass is 19.1. The number of nitrogens with two attached hydrogens (primary N) is 1. The lowest BCUT2D eigenvalue weighted by molar-refractivity contribution is 0.234. The molecule has 0 aromatic heterocycles. The van der Waals surface area contributed by atoms with Crippen LogP contribution >= 0.6 is 0 Å². The molecular formula is C15H24FN. The van der Waals surface area contributed by atoms with Gasteiger partial charge in [-0.3, -0.25) is 0 Å². The standard InChI is InChI=1S/C15H24FN/c1-10-6-12(9-13(16)7-10)14(17)8-11(2)15(3,4)5/h6-7,9,11,14H,8,17H2,1-5H3.